The first-order valence-corrected chi connectivity index (χ1v) is 16.2. The summed E-state index contributed by atoms with van der Waals surface area (Å²) in [5, 5.41) is 17.7. The molecule has 236 valence electrons. The van der Waals surface area contributed by atoms with Gasteiger partial charge in [-0.2, -0.15) is 5.21 Å². The highest BCUT2D eigenvalue weighted by Crippen LogP contribution is 2.33. The molecule has 0 saturated carbocycles. The molecule has 1 aliphatic rings. The van der Waals surface area contributed by atoms with E-state index in [0.29, 0.717) is 11.7 Å². The molecule has 43 heavy (non-hydrogen) atoms. The fourth-order valence-corrected chi connectivity index (χ4v) is 4.92. The Morgan fingerprint density at radius 1 is 1.00 bits per heavy atom. The quantitative estimate of drug-likeness (QED) is 0.192. The molecule has 7 nitrogen and oxygen atoms in total. The van der Waals surface area contributed by atoms with Gasteiger partial charge >= 0.3 is 0 Å². The van der Waals surface area contributed by atoms with Gasteiger partial charge in [-0.3, -0.25) is 4.99 Å². The molecular formula is C36H57N7. The number of nitrogens with zero attached hydrogens (tertiary/aromatic N) is 5. The van der Waals surface area contributed by atoms with Crippen molar-refractivity contribution in [2.75, 3.05) is 12.4 Å². The minimum Gasteiger partial charge on any atom is -0.371 e. The predicted octanol–water partition coefficient (Wildman–Crippen LogP) is 9.77. The van der Waals surface area contributed by atoms with Crippen molar-refractivity contribution in [3.63, 3.8) is 0 Å². The number of aryl methyl sites for hydroxylation is 3. The molecule has 0 radical (unpaired) electrons. The maximum absolute atomic E-state index is 4.52. The third-order valence-electron chi connectivity index (χ3n) is 6.60. The van der Waals surface area contributed by atoms with E-state index in [0.717, 1.165) is 47.6 Å². The Balaban J connectivity index is 0.000000400. The third kappa shape index (κ3) is 11.9. The summed E-state index contributed by atoms with van der Waals surface area (Å²) in [5.74, 6) is 2.11. The highest BCUT2D eigenvalue weighted by atomic mass is 15.5. The SMILES string of the molecule is C=Nc1c(C)cc(CC(C)C)nc1NC.CC.CC/C=C(\C(=C/CC)c1nn[nH]n1)c1ccc2c(c1)CCCC2.CCC. The normalized spacial score (nSPS) is 12.5. The lowest BCUT2D eigenvalue weighted by molar-refractivity contribution is 0.635. The summed E-state index contributed by atoms with van der Waals surface area (Å²) in [6.45, 7) is 22.5. The van der Waals surface area contributed by atoms with Crippen molar-refractivity contribution in [3.05, 3.63) is 70.2 Å². The van der Waals surface area contributed by atoms with E-state index in [4.69, 9.17) is 0 Å². The number of H-pyrrole nitrogens is 1. The summed E-state index contributed by atoms with van der Waals surface area (Å²) in [5.41, 5.74) is 9.64. The summed E-state index contributed by atoms with van der Waals surface area (Å²) < 4.78 is 0. The fourth-order valence-electron chi connectivity index (χ4n) is 4.92. The number of hydrogen-bond acceptors (Lipinski definition) is 6. The van der Waals surface area contributed by atoms with Crippen molar-refractivity contribution in [1.29, 1.82) is 0 Å². The number of aromatic amines is 1. The van der Waals surface area contributed by atoms with Gasteiger partial charge in [0.15, 0.2) is 5.82 Å². The van der Waals surface area contributed by atoms with Crippen molar-refractivity contribution >= 4 is 29.4 Å². The number of tetrazole rings is 1. The molecule has 4 rings (SSSR count). The minimum absolute atomic E-state index is 0.615. The summed E-state index contributed by atoms with van der Waals surface area (Å²) in [4.78, 5) is 8.50. The summed E-state index contributed by atoms with van der Waals surface area (Å²) in [6, 6.07) is 8.99. The second-order valence-electron chi connectivity index (χ2n) is 10.8. The molecule has 0 saturated heterocycles. The molecule has 2 heterocycles. The first-order chi connectivity index (χ1) is 20.8. The molecule has 7 heteroatoms. The lowest BCUT2D eigenvalue weighted by Crippen LogP contribution is -2.03. The van der Waals surface area contributed by atoms with Gasteiger partial charge in [-0.25, -0.2) is 4.98 Å². The average molecular weight is 588 g/mol. The fraction of sp³-hybridized carbons (Fsp3) is 0.528. The van der Waals surface area contributed by atoms with E-state index in [1.54, 1.807) is 0 Å². The second kappa shape index (κ2) is 21.1. The highest BCUT2D eigenvalue weighted by molar-refractivity contribution is 6.03. The van der Waals surface area contributed by atoms with Crippen LogP contribution in [0.1, 0.15) is 121 Å². The Morgan fingerprint density at radius 3 is 2.16 bits per heavy atom. The number of fused-ring (bicyclic) bond motifs is 1. The molecule has 0 amide bonds. The van der Waals surface area contributed by atoms with Crippen molar-refractivity contribution in [2.24, 2.45) is 10.9 Å². The zero-order chi connectivity index (χ0) is 32.2. The van der Waals surface area contributed by atoms with Crippen molar-refractivity contribution in [2.45, 2.75) is 114 Å². The molecular weight excluding hydrogens is 530 g/mol. The Labute approximate surface area is 261 Å². The van der Waals surface area contributed by atoms with E-state index in [2.05, 4.69) is 121 Å². The first kappa shape index (κ1) is 37.4. The predicted molar refractivity (Wildman–Crippen MR) is 187 cm³/mol. The van der Waals surface area contributed by atoms with E-state index < -0.39 is 0 Å². The summed E-state index contributed by atoms with van der Waals surface area (Å²) in [7, 11) is 1.86. The van der Waals surface area contributed by atoms with Gasteiger partial charge in [0.2, 0.25) is 5.82 Å². The van der Waals surface area contributed by atoms with Crippen LogP contribution in [0, 0.1) is 12.8 Å². The molecule has 0 spiro atoms. The van der Waals surface area contributed by atoms with E-state index in [9.17, 15) is 0 Å². The van der Waals surface area contributed by atoms with E-state index in [1.165, 1.54) is 54.4 Å². The zero-order valence-electron chi connectivity index (χ0n) is 28.6. The number of anilines is 1. The van der Waals surface area contributed by atoms with Gasteiger partial charge in [0.05, 0.1) is 0 Å². The van der Waals surface area contributed by atoms with Crippen LogP contribution in [0.5, 0.6) is 0 Å². The van der Waals surface area contributed by atoms with Crippen molar-refractivity contribution in [3.8, 4) is 0 Å². The second-order valence-corrected chi connectivity index (χ2v) is 10.8. The lowest BCUT2D eigenvalue weighted by atomic mass is 9.87. The summed E-state index contributed by atoms with van der Waals surface area (Å²) in [6.07, 6.45) is 13.6. The van der Waals surface area contributed by atoms with Gasteiger partial charge < -0.3 is 5.32 Å². The molecule has 0 atom stereocenters. The van der Waals surface area contributed by atoms with Crippen LogP contribution >= 0.6 is 0 Å². The highest BCUT2D eigenvalue weighted by Gasteiger charge is 2.16. The maximum Gasteiger partial charge on any atom is 0.204 e. The van der Waals surface area contributed by atoms with Gasteiger partial charge in [-0.1, -0.05) is 92.2 Å². The van der Waals surface area contributed by atoms with E-state index >= 15 is 0 Å². The molecule has 0 unspecified atom stereocenters. The van der Waals surface area contributed by atoms with Crippen molar-refractivity contribution < 1.29 is 0 Å². The average Bonchev–Trinajstić information content (AvgIpc) is 3.55. The number of nitrogens with one attached hydrogen (secondary N) is 2. The standard InChI is InChI=1S/C19H24N4.C12H19N3.C3H8.C2H6/c1-3-7-17(18(8-4-2)19-20-22-23-21-19)16-12-11-14-9-5-6-10-15(14)13-16;1-8(2)6-10-7-9(3)11(13-4)12(14-5)15-10;1-3-2;1-2/h7-8,11-13H,3-6,9-10H2,1-2H3,(H,20,21,22,23);7-8H,4,6H2,1-3,5H3,(H,14,15);3H2,1-2H3;1-2H3/b17-7-,18-8+;;;. The van der Waals surface area contributed by atoms with Crippen molar-refractivity contribution in [1.82, 2.24) is 25.6 Å². The number of hydrogen-bond donors (Lipinski definition) is 2. The topological polar surface area (TPSA) is 91.7 Å². The number of rotatable bonds is 9. The van der Waals surface area contributed by atoms with Gasteiger partial charge in [0.1, 0.15) is 5.69 Å². The Hall–Kier alpha value is -3.61. The molecule has 2 aromatic heterocycles. The first-order valence-electron chi connectivity index (χ1n) is 16.2. The van der Waals surface area contributed by atoms with E-state index in [-0.39, 0.29) is 0 Å². The molecule has 2 N–H and O–H groups in total. The lowest BCUT2D eigenvalue weighted by Gasteiger charge is -2.18. The smallest absolute Gasteiger partial charge is 0.204 e. The zero-order valence-corrected chi connectivity index (χ0v) is 28.6. The number of pyridine rings is 1. The van der Waals surface area contributed by atoms with Gasteiger partial charge in [0, 0.05) is 18.3 Å². The number of allylic oxidation sites excluding steroid dienone is 4. The number of aliphatic imine (C=N–C) groups is 1. The van der Waals surface area contributed by atoms with Crippen LogP contribution in [0.4, 0.5) is 11.5 Å². The van der Waals surface area contributed by atoms with Crippen LogP contribution in [0.3, 0.4) is 0 Å². The molecule has 1 aliphatic carbocycles. The van der Waals surface area contributed by atoms with Gasteiger partial charge in [-0.15, -0.1) is 10.2 Å². The Bertz CT molecular complexity index is 1270. The van der Waals surface area contributed by atoms with Gasteiger partial charge in [-0.05, 0) is 104 Å². The van der Waals surface area contributed by atoms with Crippen LogP contribution in [0.15, 0.2) is 41.4 Å². The minimum atomic E-state index is 0.615. The Morgan fingerprint density at radius 2 is 1.63 bits per heavy atom. The molecule has 3 aromatic rings. The third-order valence-corrected chi connectivity index (χ3v) is 6.60. The maximum atomic E-state index is 4.52. The molecule has 0 fully saturated rings. The summed E-state index contributed by atoms with van der Waals surface area (Å²) >= 11 is 0. The molecule has 0 bridgehead atoms. The number of benzene rings is 1. The van der Waals surface area contributed by atoms with Crippen LogP contribution in [0.2, 0.25) is 0 Å². The monoisotopic (exact) mass is 587 g/mol. The molecule has 0 aliphatic heterocycles. The number of aromatic nitrogens is 5. The van der Waals surface area contributed by atoms with Gasteiger partial charge in [0.25, 0.3) is 0 Å². The molecule has 1 aromatic carbocycles. The van der Waals surface area contributed by atoms with Crippen LogP contribution in [0.25, 0.3) is 11.1 Å². The Kier molecular flexibility index (Phi) is 18.4. The largest absolute Gasteiger partial charge is 0.371 e. The van der Waals surface area contributed by atoms with Crippen LogP contribution in [-0.4, -0.2) is 39.4 Å². The van der Waals surface area contributed by atoms with Crippen LogP contribution < -0.4 is 5.32 Å². The van der Waals surface area contributed by atoms with E-state index in [1.807, 2.05) is 27.8 Å². The van der Waals surface area contributed by atoms with Crippen LogP contribution in [-0.2, 0) is 19.3 Å².